The number of hydrogen-bond acceptors (Lipinski definition) is 22. The third-order valence-corrected chi connectivity index (χ3v) is 8.41. The summed E-state index contributed by atoms with van der Waals surface area (Å²) >= 11 is 0. The monoisotopic (exact) mass is 804 g/mol. The van der Waals surface area contributed by atoms with Crippen LogP contribution in [0.25, 0.3) is 0 Å². The molecule has 3 aliphatic rings. The third kappa shape index (κ3) is 14.7. The summed E-state index contributed by atoms with van der Waals surface area (Å²) in [5.74, 6) is 0. The van der Waals surface area contributed by atoms with E-state index in [1.165, 1.54) is 6.92 Å². The van der Waals surface area contributed by atoms with Crippen molar-refractivity contribution in [3.05, 3.63) is 0 Å². The molecule has 0 aromatic rings. The molecule has 272 valence electrons. The van der Waals surface area contributed by atoms with Crippen LogP contribution in [0.4, 0.5) is 0 Å². The van der Waals surface area contributed by atoms with Gasteiger partial charge in [0, 0.05) is 6.61 Å². The van der Waals surface area contributed by atoms with Gasteiger partial charge >= 0.3 is 88.7 Å². The van der Waals surface area contributed by atoms with E-state index in [1.807, 2.05) is 0 Å². The molecule has 28 heteroatoms. The molecule has 0 saturated carbocycles. The Balaban J connectivity index is 0.00000768. The molecule has 3 aliphatic heterocycles. The molecular formula is C21H35Na3O22S3. The second-order valence-corrected chi connectivity index (χ2v) is 13.6. The van der Waals surface area contributed by atoms with Crippen LogP contribution in [0.1, 0.15) is 34.1 Å². The number of aliphatic hydroxyl groups is 4. The van der Waals surface area contributed by atoms with Crippen LogP contribution >= 0.6 is 0 Å². The van der Waals surface area contributed by atoms with Crippen LogP contribution in [0, 0.1) is 0 Å². The summed E-state index contributed by atoms with van der Waals surface area (Å²) in [5, 5.41) is 43.1. The van der Waals surface area contributed by atoms with Crippen LogP contribution < -0.4 is 88.7 Å². The smallest absolute Gasteiger partial charge is 0.726 e. The first-order valence-electron chi connectivity index (χ1n) is 13.6. The molecule has 3 saturated heterocycles. The number of rotatable bonds is 13. The molecule has 3 fully saturated rings. The Morgan fingerprint density at radius 3 is 1.24 bits per heavy atom. The van der Waals surface area contributed by atoms with Crippen molar-refractivity contribution in [2.75, 3.05) is 6.61 Å². The minimum absolute atomic E-state index is 0. The standard InChI is InChI=1S/C21H38O22S3.3Na/c1-5-6-35-19-12(24)17(15(8(3)36-19)42-45(29,30)31)40-21-13(25)18(16(9(4)38-21)43-46(32,33)34)39-20-11(23)10(22)14(7(2)37-20)41-44(26,27)28;;;/h7-25H,5-6H2,1-4H3,(H,26,27,28)(H,29,30,31)(H,32,33,34);;;/q;3*+1/p-3/t7-,8-,9-,10-,11-,12-,13-,14+,15+,16+,17-,18-,19+,20-,21-;;;/m0.../s1. The van der Waals surface area contributed by atoms with Crippen molar-refractivity contribution in [2.24, 2.45) is 0 Å². The quantitative estimate of drug-likeness (QED) is 0.0763. The third-order valence-electron chi connectivity index (χ3n) is 7.03. The van der Waals surface area contributed by atoms with Crippen LogP contribution in [0.15, 0.2) is 0 Å². The van der Waals surface area contributed by atoms with E-state index in [9.17, 15) is 59.3 Å². The van der Waals surface area contributed by atoms with E-state index in [0.29, 0.717) is 6.42 Å². The number of ether oxygens (including phenoxy) is 6. The summed E-state index contributed by atoms with van der Waals surface area (Å²) < 4.78 is 148. The molecule has 0 radical (unpaired) electrons. The first kappa shape index (κ1) is 51.2. The van der Waals surface area contributed by atoms with E-state index in [1.54, 1.807) is 6.92 Å². The van der Waals surface area contributed by atoms with Gasteiger partial charge in [-0.3, -0.25) is 12.5 Å². The van der Waals surface area contributed by atoms with Gasteiger partial charge in [0.2, 0.25) is 31.2 Å². The van der Waals surface area contributed by atoms with Crippen molar-refractivity contribution in [1.82, 2.24) is 0 Å². The van der Waals surface area contributed by atoms with Crippen molar-refractivity contribution in [2.45, 2.75) is 126 Å². The normalized spacial score (nSPS) is 40.3. The van der Waals surface area contributed by atoms with Gasteiger partial charge in [-0.2, -0.15) is 0 Å². The maximum Gasteiger partial charge on any atom is 1.00 e. The van der Waals surface area contributed by atoms with E-state index in [-0.39, 0.29) is 95.3 Å². The Hall–Kier alpha value is 2.21. The van der Waals surface area contributed by atoms with Crippen LogP contribution in [-0.4, -0.2) is 158 Å². The molecule has 0 aromatic carbocycles. The van der Waals surface area contributed by atoms with Gasteiger partial charge < -0.3 is 62.5 Å². The summed E-state index contributed by atoms with van der Waals surface area (Å²) in [4.78, 5) is 0. The summed E-state index contributed by atoms with van der Waals surface area (Å²) in [6.07, 6.45) is -27.8. The van der Waals surface area contributed by atoms with E-state index in [4.69, 9.17) is 28.4 Å². The summed E-state index contributed by atoms with van der Waals surface area (Å²) in [6.45, 7) is 5.23. The first-order valence-corrected chi connectivity index (χ1v) is 17.6. The average Bonchev–Trinajstić information content (AvgIpc) is 2.90. The predicted octanol–water partition coefficient (Wildman–Crippen LogP) is -13.6. The molecule has 49 heavy (non-hydrogen) atoms. The van der Waals surface area contributed by atoms with Crippen molar-refractivity contribution in [3.63, 3.8) is 0 Å². The van der Waals surface area contributed by atoms with Crippen LogP contribution in [0.3, 0.4) is 0 Å². The summed E-state index contributed by atoms with van der Waals surface area (Å²) in [6, 6.07) is 0. The Morgan fingerprint density at radius 2 is 0.857 bits per heavy atom. The maximum atomic E-state index is 11.5. The van der Waals surface area contributed by atoms with Crippen LogP contribution in [-0.2, 0) is 72.2 Å². The largest absolute Gasteiger partial charge is 1.00 e. The molecule has 4 N–H and O–H groups in total. The molecule has 3 rings (SSSR count). The Morgan fingerprint density at radius 1 is 0.531 bits per heavy atom. The molecule has 3 heterocycles. The van der Waals surface area contributed by atoms with Gasteiger partial charge in [0.25, 0.3) is 0 Å². The van der Waals surface area contributed by atoms with E-state index < -0.39 is 123 Å². The fraction of sp³-hybridized carbons (Fsp3) is 1.00. The first-order chi connectivity index (χ1) is 21.0. The summed E-state index contributed by atoms with van der Waals surface area (Å²) in [5.41, 5.74) is 0. The number of hydrogen-bond donors (Lipinski definition) is 4. The SMILES string of the molecule is CCCO[C@@H]1O[C@@H](C)[C@@H](OS(=O)(=O)[O-])[C@@H](O[C@@H]2O[C@@H](C)[C@@H](OS(=O)(=O)[O-])[C@@H](O[C@@H]3O[C@@H](C)[C@@H](OS(=O)(=O)[O-])[C@@H](O)[C@@H]3O)[C@@H]2O)[C@@H]1O.[Na+].[Na+].[Na+]. The molecule has 0 spiro atoms. The molecule has 0 bridgehead atoms. The van der Waals surface area contributed by atoms with E-state index >= 15 is 0 Å². The van der Waals surface area contributed by atoms with E-state index in [2.05, 4.69) is 12.5 Å². The van der Waals surface area contributed by atoms with Crippen molar-refractivity contribution >= 4 is 31.2 Å². The Labute approximate surface area is 349 Å². The van der Waals surface area contributed by atoms with Crippen LogP contribution in [0.2, 0.25) is 0 Å². The number of aliphatic hydroxyl groups excluding tert-OH is 4. The topological polar surface area (TPSA) is 336 Å². The maximum absolute atomic E-state index is 11.5. The van der Waals surface area contributed by atoms with Gasteiger partial charge in [-0.05, 0) is 27.2 Å². The average molecular weight is 805 g/mol. The van der Waals surface area contributed by atoms with Gasteiger partial charge in [0.15, 0.2) is 18.9 Å². The second-order valence-electron chi connectivity index (χ2n) is 10.6. The minimum atomic E-state index is -5.55. The van der Waals surface area contributed by atoms with Gasteiger partial charge in [0.05, 0.1) is 18.3 Å². The minimum Gasteiger partial charge on any atom is -0.726 e. The molecule has 0 aromatic heterocycles. The van der Waals surface area contributed by atoms with E-state index in [0.717, 1.165) is 13.8 Å². The van der Waals surface area contributed by atoms with Crippen molar-refractivity contribution in [3.8, 4) is 0 Å². The zero-order valence-electron chi connectivity index (χ0n) is 27.4. The summed E-state index contributed by atoms with van der Waals surface area (Å²) in [7, 11) is -16.4. The van der Waals surface area contributed by atoms with Gasteiger partial charge in [-0.1, -0.05) is 6.92 Å². The van der Waals surface area contributed by atoms with Crippen molar-refractivity contribution in [1.29, 1.82) is 0 Å². The van der Waals surface area contributed by atoms with Crippen LogP contribution in [0.5, 0.6) is 0 Å². The second kappa shape index (κ2) is 20.9. The molecule has 0 unspecified atom stereocenters. The Kier molecular flexibility index (Phi) is 21.9. The zero-order chi connectivity index (χ0) is 34.9. The van der Waals surface area contributed by atoms with Crippen molar-refractivity contribution < 1.29 is 189 Å². The molecule has 0 aliphatic carbocycles. The zero-order valence-corrected chi connectivity index (χ0v) is 35.9. The van der Waals surface area contributed by atoms with Gasteiger partial charge in [-0.15, -0.1) is 0 Å². The fourth-order valence-electron chi connectivity index (χ4n) is 5.01. The molecule has 22 nitrogen and oxygen atoms in total. The Bertz CT molecular complexity index is 1340. The molecule has 0 amide bonds. The fourth-order valence-corrected chi connectivity index (χ4v) is 6.62. The van der Waals surface area contributed by atoms with Gasteiger partial charge in [0.1, 0.15) is 54.9 Å². The predicted molar refractivity (Wildman–Crippen MR) is 137 cm³/mol. The molecule has 15 atom stereocenters. The molecular weight excluding hydrogens is 769 g/mol. The van der Waals surface area contributed by atoms with Gasteiger partial charge in [-0.25, -0.2) is 25.3 Å².